The first-order valence-corrected chi connectivity index (χ1v) is 5.35. The first-order chi connectivity index (χ1) is 6.90. The maximum Gasteiger partial charge on any atom is 0.108 e. The molecule has 0 rings (SSSR count). The van der Waals surface area contributed by atoms with Gasteiger partial charge in [-0.1, -0.05) is 25.3 Å². The van der Waals surface area contributed by atoms with Gasteiger partial charge in [0.1, 0.15) is 6.54 Å². The summed E-state index contributed by atoms with van der Waals surface area (Å²) in [5.74, 6) is 0.543. The Kier molecular flexibility index (Phi) is 5.83. The van der Waals surface area contributed by atoms with Crippen LogP contribution in [0.25, 0.3) is 0 Å². The number of quaternary nitrogens is 1. The number of rotatable bonds is 4. The van der Waals surface area contributed by atoms with Crippen LogP contribution in [0.5, 0.6) is 0 Å². The summed E-state index contributed by atoms with van der Waals surface area (Å²) in [7, 11) is 6.53. The van der Waals surface area contributed by atoms with Gasteiger partial charge in [0.2, 0.25) is 0 Å². The molecule has 1 nitrogen and oxygen atoms in total. The lowest BCUT2D eigenvalue weighted by Gasteiger charge is -2.26. The Morgan fingerprint density at radius 3 is 2.27 bits per heavy atom. The van der Waals surface area contributed by atoms with Crippen LogP contribution in [0.1, 0.15) is 20.3 Å². The minimum absolute atomic E-state index is 0.543. The van der Waals surface area contributed by atoms with Gasteiger partial charge >= 0.3 is 0 Å². The highest BCUT2D eigenvalue weighted by atomic mass is 15.3. The molecule has 82 valence electrons. The summed E-state index contributed by atoms with van der Waals surface area (Å²) in [5, 5.41) is 0. The summed E-state index contributed by atoms with van der Waals surface area (Å²) < 4.78 is 0.909. The van der Waals surface area contributed by atoms with Crippen LogP contribution in [0.3, 0.4) is 0 Å². The van der Waals surface area contributed by atoms with E-state index in [1.807, 2.05) is 0 Å². The van der Waals surface area contributed by atoms with Gasteiger partial charge in [0.15, 0.2) is 0 Å². The zero-order valence-corrected chi connectivity index (χ0v) is 10.6. The molecule has 0 aliphatic heterocycles. The minimum atomic E-state index is 0.543. The molecule has 0 spiro atoms. The summed E-state index contributed by atoms with van der Waals surface area (Å²) in [6.45, 7) is 8.84. The number of hydrogen-bond donors (Lipinski definition) is 0. The first kappa shape index (κ1) is 13.8. The Hall–Kier alpha value is -1.18. The molecule has 1 unspecified atom stereocenters. The van der Waals surface area contributed by atoms with E-state index >= 15 is 0 Å². The highest BCUT2D eigenvalue weighted by Gasteiger charge is 2.15. The zero-order valence-electron chi connectivity index (χ0n) is 10.6. The van der Waals surface area contributed by atoms with Gasteiger partial charge in [0.25, 0.3) is 0 Å². The number of likely N-dealkylation sites (N-methyl/N-ethyl adjacent to an activating group) is 1. The van der Waals surface area contributed by atoms with Crippen molar-refractivity contribution in [2.45, 2.75) is 20.3 Å². The fourth-order valence-corrected chi connectivity index (χ4v) is 1.23. The summed E-state index contributed by atoms with van der Waals surface area (Å²) in [6.07, 6.45) is 1.13. The SMILES string of the molecule is C=C=C=C=C=C(C[N+](C)(C)C)C(C)CC. The Balaban J connectivity index is 5.17. The van der Waals surface area contributed by atoms with Crippen LogP contribution < -0.4 is 0 Å². The van der Waals surface area contributed by atoms with Crippen LogP contribution in [0, 0.1) is 5.92 Å². The van der Waals surface area contributed by atoms with Crippen molar-refractivity contribution in [2.75, 3.05) is 27.7 Å². The van der Waals surface area contributed by atoms with Crippen molar-refractivity contribution in [3.63, 3.8) is 0 Å². The molecule has 1 atom stereocenters. The Bertz CT molecular complexity index is 345. The van der Waals surface area contributed by atoms with Gasteiger partial charge in [-0.2, -0.15) is 0 Å². The zero-order chi connectivity index (χ0) is 11.9. The quantitative estimate of drug-likeness (QED) is 0.488. The van der Waals surface area contributed by atoms with Gasteiger partial charge in [-0.15, -0.1) is 0 Å². The van der Waals surface area contributed by atoms with Crippen LogP contribution in [0.2, 0.25) is 0 Å². The fraction of sp³-hybridized carbons (Fsp3) is 0.571. The molecular formula is C14H22N+. The lowest BCUT2D eigenvalue weighted by atomic mass is 9.98. The average Bonchev–Trinajstić information content (AvgIpc) is 2.13. The van der Waals surface area contributed by atoms with Crippen molar-refractivity contribution >= 4 is 0 Å². The molecule has 0 N–H and O–H groups in total. The lowest BCUT2D eigenvalue weighted by molar-refractivity contribution is -0.865. The largest absolute Gasteiger partial charge is 0.327 e. The van der Waals surface area contributed by atoms with Crippen LogP contribution >= 0.6 is 0 Å². The fourth-order valence-electron chi connectivity index (χ4n) is 1.23. The highest BCUT2D eigenvalue weighted by Crippen LogP contribution is 2.15. The molecule has 0 aromatic rings. The second-order valence-electron chi connectivity index (χ2n) is 4.83. The molecule has 0 aromatic heterocycles. The van der Waals surface area contributed by atoms with Crippen molar-refractivity contribution in [2.24, 2.45) is 5.92 Å². The van der Waals surface area contributed by atoms with E-state index in [-0.39, 0.29) is 0 Å². The Morgan fingerprint density at radius 1 is 1.27 bits per heavy atom. The molecule has 0 fully saturated rings. The van der Waals surface area contributed by atoms with E-state index in [0.717, 1.165) is 17.4 Å². The van der Waals surface area contributed by atoms with Crippen LogP contribution in [0.15, 0.2) is 35.1 Å². The van der Waals surface area contributed by atoms with Crippen molar-refractivity contribution in [3.05, 3.63) is 35.1 Å². The van der Waals surface area contributed by atoms with Crippen molar-refractivity contribution in [3.8, 4) is 0 Å². The van der Waals surface area contributed by atoms with E-state index in [0.29, 0.717) is 5.92 Å². The van der Waals surface area contributed by atoms with E-state index < -0.39 is 0 Å². The summed E-state index contributed by atoms with van der Waals surface area (Å²) >= 11 is 0. The van der Waals surface area contributed by atoms with Crippen LogP contribution in [0.4, 0.5) is 0 Å². The van der Waals surface area contributed by atoms with Crippen LogP contribution in [-0.2, 0) is 0 Å². The summed E-state index contributed by atoms with van der Waals surface area (Å²) in [5.41, 5.74) is 12.5. The molecule has 0 aliphatic carbocycles. The van der Waals surface area contributed by atoms with Gasteiger partial charge < -0.3 is 4.48 Å². The molecule has 0 aliphatic rings. The van der Waals surface area contributed by atoms with Gasteiger partial charge in [-0.25, -0.2) is 0 Å². The predicted octanol–water partition coefficient (Wildman–Crippen LogP) is 2.92. The molecule has 0 saturated carbocycles. The second-order valence-corrected chi connectivity index (χ2v) is 4.83. The summed E-state index contributed by atoms with van der Waals surface area (Å²) in [4.78, 5) is 0. The normalized spacial score (nSPS) is 11.8. The van der Waals surface area contributed by atoms with E-state index in [1.54, 1.807) is 0 Å². The maximum absolute atomic E-state index is 3.45. The number of hydrogen-bond acceptors (Lipinski definition) is 0. The molecule has 0 bridgehead atoms. The maximum atomic E-state index is 3.45. The highest BCUT2D eigenvalue weighted by molar-refractivity contribution is 5.05. The van der Waals surface area contributed by atoms with Gasteiger partial charge in [-0.05, 0) is 30.4 Å². The van der Waals surface area contributed by atoms with E-state index in [9.17, 15) is 0 Å². The third-order valence-corrected chi connectivity index (χ3v) is 2.23. The second kappa shape index (κ2) is 6.33. The predicted molar refractivity (Wildman–Crippen MR) is 65.5 cm³/mol. The van der Waals surface area contributed by atoms with Crippen LogP contribution in [-0.4, -0.2) is 32.2 Å². The molecule has 0 heterocycles. The first-order valence-electron chi connectivity index (χ1n) is 5.35. The van der Waals surface area contributed by atoms with E-state index in [4.69, 9.17) is 0 Å². The van der Waals surface area contributed by atoms with Gasteiger partial charge in [0.05, 0.1) is 21.1 Å². The molecule has 0 radical (unpaired) electrons. The molecule has 1 heteroatoms. The Labute approximate surface area is 94.0 Å². The lowest BCUT2D eigenvalue weighted by Crippen LogP contribution is -2.37. The average molecular weight is 204 g/mol. The number of nitrogens with zero attached hydrogens (tertiary/aromatic N) is 1. The molecule has 0 amide bonds. The Morgan fingerprint density at radius 2 is 1.87 bits per heavy atom. The smallest absolute Gasteiger partial charge is 0.108 e. The summed E-state index contributed by atoms with van der Waals surface area (Å²) in [6, 6.07) is 0. The standard InChI is InChI=1S/C14H22N/c1-7-9-10-11-14(13(3)8-2)12-15(4,5)6/h13H,1,8,12H2,2-6H3/q+1. The van der Waals surface area contributed by atoms with Gasteiger partial charge in [-0.3, -0.25) is 0 Å². The molecule has 0 saturated heterocycles. The minimum Gasteiger partial charge on any atom is -0.327 e. The topological polar surface area (TPSA) is 0 Å². The van der Waals surface area contributed by atoms with E-state index in [1.165, 1.54) is 5.57 Å². The molecular weight excluding hydrogens is 182 g/mol. The third kappa shape index (κ3) is 6.83. The third-order valence-electron chi connectivity index (χ3n) is 2.23. The molecule has 0 aromatic carbocycles. The van der Waals surface area contributed by atoms with E-state index in [2.05, 4.69) is 64.5 Å². The monoisotopic (exact) mass is 204 g/mol. The molecule has 15 heavy (non-hydrogen) atoms. The van der Waals surface area contributed by atoms with Crippen molar-refractivity contribution in [1.82, 2.24) is 0 Å². The van der Waals surface area contributed by atoms with Crippen molar-refractivity contribution in [1.29, 1.82) is 0 Å². The van der Waals surface area contributed by atoms with Gasteiger partial charge in [0, 0.05) is 5.57 Å². The van der Waals surface area contributed by atoms with Crippen molar-refractivity contribution < 1.29 is 4.48 Å².